The number of rotatable bonds is 3. The highest BCUT2D eigenvalue weighted by Crippen LogP contribution is 2.29. The van der Waals surface area contributed by atoms with Gasteiger partial charge in [-0.3, -0.25) is 0 Å². The topological polar surface area (TPSA) is 24.7 Å². The zero-order chi connectivity index (χ0) is 12.4. The molecule has 1 aromatic carbocycles. The van der Waals surface area contributed by atoms with E-state index in [4.69, 9.17) is 0 Å². The van der Waals surface area contributed by atoms with Crippen LogP contribution in [0.5, 0.6) is 0 Å². The molecular weight excluding hydrogens is 278 g/mol. The lowest BCUT2D eigenvalue weighted by Crippen LogP contribution is -3.13. The van der Waals surface area contributed by atoms with Crippen LogP contribution in [0.2, 0.25) is 0 Å². The van der Waals surface area contributed by atoms with Gasteiger partial charge >= 0.3 is 0 Å². The first-order chi connectivity index (χ1) is 8.84. The van der Waals surface area contributed by atoms with Crippen LogP contribution < -0.4 is 17.3 Å². The molecule has 1 aliphatic rings. The number of likely N-dealkylation sites (tertiary alicyclic amines) is 1. The summed E-state index contributed by atoms with van der Waals surface area (Å²) in [6.45, 7) is 3.30. The number of piperidine rings is 1. The number of aliphatic hydroxyl groups excluding tert-OH is 1. The normalized spacial score (nSPS) is 18.2. The summed E-state index contributed by atoms with van der Waals surface area (Å²) < 4.78 is 1.28. The number of hydrogen-bond donors (Lipinski definition) is 2. The van der Waals surface area contributed by atoms with E-state index >= 15 is 0 Å². The van der Waals surface area contributed by atoms with E-state index in [2.05, 4.69) is 29.6 Å². The smallest absolute Gasteiger partial charge is 0.129 e. The Kier molecular flexibility index (Phi) is 5.22. The van der Waals surface area contributed by atoms with E-state index in [9.17, 15) is 5.11 Å². The number of halogens is 1. The second kappa shape index (κ2) is 6.71. The largest absolute Gasteiger partial charge is 1.00 e. The van der Waals surface area contributed by atoms with Crippen LogP contribution in [0, 0.1) is 0 Å². The third-order valence-electron chi connectivity index (χ3n) is 3.91. The Morgan fingerprint density at radius 2 is 1.89 bits per heavy atom. The average molecular weight is 298 g/mol. The molecule has 1 atom stereocenters. The quantitative estimate of drug-likeness (QED) is 0.747. The lowest BCUT2D eigenvalue weighted by atomic mass is 10.1. The molecule has 1 fully saturated rings. The molecule has 1 saturated heterocycles. The highest BCUT2D eigenvalue weighted by molar-refractivity contribution is 7.17. The first kappa shape index (κ1) is 14.8. The van der Waals surface area contributed by atoms with Crippen molar-refractivity contribution in [2.24, 2.45) is 0 Å². The molecule has 2 aromatic rings. The summed E-state index contributed by atoms with van der Waals surface area (Å²) in [5.41, 5.74) is 1.12. The monoisotopic (exact) mass is 297 g/mol. The lowest BCUT2D eigenvalue weighted by Gasteiger charge is -2.25. The Hall–Kier alpha value is -0.610. The fourth-order valence-corrected chi connectivity index (χ4v) is 3.90. The van der Waals surface area contributed by atoms with Gasteiger partial charge in [0, 0.05) is 10.3 Å². The van der Waals surface area contributed by atoms with Crippen LogP contribution in [-0.4, -0.2) is 24.7 Å². The second-order valence-electron chi connectivity index (χ2n) is 5.22. The molecular formula is C15H20ClNOS. The summed E-state index contributed by atoms with van der Waals surface area (Å²) in [5.74, 6) is 0. The molecule has 19 heavy (non-hydrogen) atoms. The molecule has 1 unspecified atom stereocenters. The third-order valence-corrected chi connectivity index (χ3v) is 4.89. The lowest BCUT2D eigenvalue weighted by molar-refractivity contribution is -0.908. The minimum atomic E-state index is -0.311. The molecule has 1 aliphatic heterocycles. The highest BCUT2D eigenvalue weighted by Gasteiger charge is 2.21. The maximum atomic E-state index is 10.4. The zero-order valence-electron chi connectivity index (χ0n) is 10.9. The van der Waals surface area contributed by atoms with Gasteiger partial charge in [0.1, 0.15) is 12.6 Å². The van der Waals surface area contributed by atoms with Gasteiger partial charge < -0.3 is 22.4 Å². The molecule has 0 aliphatic carbocycles. The summed E-state index contributed by atoms with van der Waals surface area (Å²) in [6.07, 6.45) is 3.68. The molecule has 0 amide bonds. The minimum Gasteiger partial charge on any atom is -1.00 e. The highest BCUT2D eigenvalue weighted by atomic mass is 35.5. The van der Waals surface area contributed by atoms with Crippen LogP contribution in [0.4, 0.5) is 0 Å². The van der Waals surface area contributed by atoms with Gasteiger partial charge in [-0.15, -0.1) is 11.3 Å². The molecule has 0 spiro atoms. The maximum absolute atomic E-state index is 10.4. The predicted octanol–water partition coefficient (Wildman–Crippen LogP) is -0.992. The van der Waals surface area contributed by atoms with E-state index in [-0.39, 0.29) is 18.5 Å². The van der Waals surface area contributed by atoms with Crippen LogP contribution >= 0.6 is 11.3 Å². The first-order valence-electron chi connectivity index (χ1n) is 6.82. The molecule has 0 bridgehead atoms. The maximum Gasteiger partial charge on any atom is 0.129 e. The number of nitrogens with one attached hydrogen (secondary N) is 1. The van der Waals surface area contributed by atoms with E-state index in [1.54, 1.807) is 16.2 Å². The molecule has 0 saturated carbocycles. The Morgan fingerprint density at radius 1 is 1.16 bits per heavy atom. The molecule has 104 valence electrons. The Labute approximate surface area is 124 Å². The van der Waals surface area contributed by atoms with Gasteiger partial charge in [0.15, 0.2) is 0 Å². The van der Waals surface area contributed by atoms with Crippen molar-refractivity contribution in [2.45, 2.75) is 25.4 Å². The summed E-state index contributed by atoms with van der Waals surface area (Å²) in [5, 5.41) is 13.8. The van der Waals surface area contributed by atoms with Crippen molar-refractivity contribution in [2.75, 3.05) is 19.6 Å². The number of aliphatic hydroxyl groups is 1. The van der Waals surface area contributed by atoms with Crippen LogP contribution in [0.1, 0.15) is 30.9 Å². The summed E-state index contributed by atoms with van der Waals surface area (Å²) in [7, 11) is 0. The van der Waals surface area contributed by atoms with Gasteiger partial charge in [-0.1, -0.05) is 18.2 Å². The van der Waals surface area contributed by atoms with Gasteiger partial charge in [0.05, 0.1) is 13.1 Å². The van der Waals surface area contributed by atoms with E-state index in [1.165, 1.54) is 42.4 Å². The standard InChI is InChI=1S/C15H19NOS.ClH/c17-14(10-16-8-4-1-5-9-16)13-11-18-15-7-3-2-6-12(13)15;/h2-3,6-7,11,14,17H,1,4-5,8-10H2;1H. The van der Waals surface area contributed by atoms with Crippen LogP contribution in [0.3, 0.4) is 0 Å². The van der Waals surface area contributed by atoms with Gasteiger partial charge in [-0.25, -0.2) is 0 Å². The Morgan fingerprint density at radius 3 is 2.68 bits per heavy atom. The van der Waals surface area contributed by atoms with Crippen molar-refractivity contribution in [3.8, 4) is 0 Å². The van der Waals surface area contributed by atoms with E-state index in [0.29, 0.717) is 0 Å². The van der Waals surface area contributed by atoms with E-state index < -0.39 is 0 Å². The van der Waals surface area contributed by atoms with Crippen LogP contribution in [0.25, 0.3) is 10.1 Å². The summed E-state index contributed by atoms with van der Waals surface area (Å²) in [4.78, 5) is 1.56. The molecule has 0 radical (unpaired) electrons. The van der Waals surface area contributed by atoms with Gasteiger partial charge in [-0.2, -0.15) is 0 Å². The van der Waals surface area contributed by atoms with E-state index in [1.807, 2.05) is 0 Å². The van der Waals surface area contributed by atoms with Gasteiger partial charge in [0.2, 0.25) is 0 Å². The number of hydrogen-bond acceptors (Lipinski definition) is 2. The predicted molar refractivity (Wildman–Crippen MR) is 76.2 cm³/mol. The molecule has 2 N–H and O–H groups in total. The van der Waals surface area contributed by atoms with Crippen molar-refractivity contribution >= 4 is 21.4 Å². The van der Waals surface area contributed by atoms with Crippen molar-refractivity contribution in [3.05, 3.63) is 35.2 Å². The second-order valence-corrected chi connectivity index (χ2v) is 6.13. The minimum absolute atomic E-state index is 0. The fourth-order valence-electron chi connectivity index (χ4n) is 2.90. The molecule has 4 heteroatoms. The average Bonchev–Trinajstić information content (AvgIpc) is 2.84. The SMILES string of the molecule is OC(C[NH+]1CCCCC1)c1csc2ccccc12.[Cl-]. The zero-order valence-corrected chi connectivity index (χ0v) is 12.5. The van der Waals surface area contributed by atoms with Crippen molar-refractivity contribution in [1.29, 1.82) is 0 Å². The fraction of sp³-hybridized carbons (Fsp3) is 0.467. The molecule has 3 rings (SSSR count). The number of benzene rings is 1. The summed E-state index contributed by atoms with van der Waals surface area (Å²) in [6, 6.07) is 8.36. The van der Waals surface area contributed by atoms with Crippen molar-refractivity contribution in [3.63, 3.8) is 0 Å². The van der Waals surface area contributed by atoms with Crippen LogP contribution in [0.15, 0.2) is 29.6 Å². The van der Waals surface area contributed by atoms with Gasteiger partial charge in [0.25, 0.3) is 0 Å². The van der Waals surface area contributed by atoms with E-state index in [0.717, 1.165) is 12.1 Å². The Balaban J connectivity index is 0.00000133. The van der Waals surface area contributed by atoms with Crippen LogP contribution in [-0.2, 0) is 0 Å². The summed E-state index contributed by atoms with van der Waals surface area (Å²) >= 11 is 1.74. The van der Waals surface area contributed by atoms with Gasteiger partial charge in [-0.05, 0) is 36.1 Å². The molecule has 1 aromatic heterocycles. The molecule has 2 heterocycles. The number of fused-ring (bicyclic) bond motifs is 1. The van der Waals surface area contributed by atoms with Crippen molar-refractivity contribution in [1.82, 2.24) is 0 Å². The van der Waals surface area contributed by atoms with Crippen molar-refractivity contribution < 1.29 is 22.4 Å². The molecule has 2 nitrogen and oxygen atoms in total. The Bertz CT molecular complexity index is 522. The third kappa shape index (κ3) is 3.29. The first-order valence-corrected chi connectivity index (χ1v) is 7.70. The number of thiophene rings is 1. The number of quaternary nitrogens is 1.